The SMILES string of the molecule is CC(C)CC#Cc1ccc([C@H]2[C@@H](CO)N3C(=O)CN(C(=O)Cc4ccccc4)C[C@H]23)cc1. The molecule has 2 aromatic carbocycles. The topological polar surface area (TPSA) is 60.9 Å². The van der Waals surface area contributed by atoms with E-state index in [2.05, 4.69) is 25.7 Å². The average Bonchev–Trinajstić information content (AvgIpc) is 2.76. The number of benzene rings is 2. The van der Waals surface area contributed by atoms with Crippen molar-refractivity contribution in [1.29, 1.82) is 0 Å². The summed E-state index contributed by atoms with van der Waals surface area (Å²) in [6.45, 7) is 4.79. The van der Waals surface area contributed by atoms with Gasteiger partial charge in [-0.2, -0.15) is 0 Å². The number of hydrogen-bond donors (Lipinski definition) is 1. The first-order chi connectivity index (χ1) is 15.5. The van der Waals surface area contributed by atoms with E-state index < -0.39 is 0 Å². The standard InChI is InChI=1S/C27H30N2O3/c1-19(2)7-6-10-20-11-13-22(14-12-20)27-23-16-28(17-26(32)29(23)24(27)18-30)25(31)15-21-8-4-3-5-9-21/h3-5,8-9,11-14,19,23-24,27,30H,7,15-18H2,1-2H3/t23-,24-,27-/m1/s1. The molecular weight excluding hydrogens is 400 g/mol. The number of amides is 2. The monoisotopic (exact) mass is 430 g/mol. The minimum absolute atomic E-state index is 0.00829. The summed E-state index contributed by atoms with van der Waals surface area (Å²) in [5.41, 5.74) is 2.98. The van der Waals surface area contributed by atoms with E-state index in [4.69, 9.17) is 0 Å². The van der Waals surface area contributed by atoms with Gasteiger partial charge in [0, 0.05) is 24.4 Å². The molecule has 2 saturated heterocycles. The number of aliphatic hydroxyl groups excluding tert-OH is 1. The van der Waals surface area contributed by atoms with Gasteiger partial charge in [0.2, 0.25) is 11.8 Å². The summed E-state index contributed by atoms with van der Waals surface area (Å²) < 4.78 is 0. The second-order valence-electron chi connectivity index (χ2n) is 9.10. The Morgan fingerprint density at radius 3 is 2.50 bits per heavy atom. The van der Waals surface area contributed by atoms with E-state index in [0.29, 0.717) is 18.9 Å². The van der Waals surface area contributed by atoms with Crippen molar-refractivity contribution in [3.8, 4) is 11.8 Å². The molecule has 32 heavy (non-hydrogen) atoms. The first-order valence-electron chi connectivity index (χ1n) is 11.3. The van der Waals surface area contributed by atoms with Crippen LogP contribution in [0.25, 0.3) is 0 Å². The Bertz CT molecular complexity index is 1020. The Morgan fingerprint density at radius 1 is 1.12 bits per heavy atom. The van der Waals surface area contributed by atoms with E-state index in [-0.39, 0.29) is 43.0 Å². The van der Waals surface area contributed by atoms with Crippen molar-refractivity contribution in [2.24, 2.45) is 5.92 Å². The Balaban J connectivity index is 1.48. The smallest absolute Gasteiger partial charge is 0.242 e. The summed E-state index contributed by atoms with van der Waals surface area (Å²) in [4.78, 5) is 29.1. The molecule has 2 aliphatic rings. The Hall–Kier alpha value is -3.10. The van der Waals surface area contributed by atoms with Crippen LogP contribution in [0, 0.1) is 17.8 Å². The minimum atomic E-state index is -0.239. The molecule has 0 bridgehead atoms. The van der Waals surface area contributed by atoms with Gasteiger partial charge in [-0.05, 0) is 29.2 Å². The molecule has 4 rings (SSSR count). The summed E-state index contributed by atoms with van der Waals surface area (Å²) in [5, 5.41) is 9.97. The highest BCUT2D eigenvalue weighted by molar-refractivity contribution is 5.88. The van der Waals surface area contributed by atoms with E-state index in [0.717, 1.165) is 23.1 Å². The van der Waals surface area contributed by atoms with Crippen LogP contribution in [0.5, 0.6) is 0 Å². The van der Waals surface area contributed by atoms with Gasteiger partial charge in [-0.25, -0.2) is 0 Å². The van der Waals surface area contributed by atoms with Gasteiger partial charge in [0.05, 0.1) is 31.7 Å². The van der Waals surface area contributed by atoms with Crippen molar-refractivity contribution in [3.05, 3.63) is 71.3 Å². The van der Waals surface area contributed by atoms with Gasteiger partial charge >= 0.3 is 0 Å². The average molecular weight is 431 g/mol. The zero-order chi connectivity index (χ0) is 22.7. The van der Waals surface area contributed by atoms with Gasteiger partial charge < -0.3 is 14.9 Å². The second-order valence-corrected chi connectivity index (χ2v) is 9.10. The van der Waals surface area contributed by atoms with E-state index in [1.54, 1.807) is 9.80 Å². The number of rotatable bonds is 5. The first kappa shape index (κ1) is 22.1. The number of carbonyl (C=O) groups excluding carboxylic acids is 2. The number of nitrogens with zero attached hydrogens (tertiary/aromatic N) is 2. The molecule has 1 N–H and O–H groups in total. The fourth-order valence-electron chi connectivity index (χ4n) is 4.72. The molecule has 0 unspecified atom stereocenters. The molecule has 0 radical (unpaired) electrons. The third-order valence-corrected chi connectivity index (χ3v) is 6.34. The first-order valence-corrected chi connectivity index (χ1v) is 11.3. The number of aliphatic hydroxyl groups is 1. The highest BCUT2D eigenvalue weighted by Crippen LogP contribution is 2.43. The Morgan fingerprint density at radius 2 is 1.84 bits per heavy atom. The van der Waals surface area contributed by atoms with Crippen LogP contribution in [0.15, 0.2) is 54.6 Å². The maximum absolute atomic E-state index is 12.9. The van der Waals surface area contributed by atoms with E-state index >= 15 is 0 Å². The highest BCUT2D eigenvalue weighted by Gasteiger charge is 2.54. The van der Waals surface area contributed by atoms with Gasteiger partial charge in [-0.3, -0.25) is 9.59 Å². The van der Waals surface area contributed by atoms with Crippen LogP contribution in [-0.2, 0) is 16.0 Å². The number of hydrogen-bond acceptors (Lipinski definition) is 3. The highest BCUT2D eigenvalue weighted by atomic mass is 16.3. The van der Waals surface area contributed by atoms with Crippen molar-refractivity contribution in [2.75, 3.05) is 19.7 Å². The van der Waals surface area contributed by atoms with Crippen molar-refractivity contribution < 1.29 is 14.7 Å². The van der Waals surface area contributed by atoms with Crippen LogP contribution in [0.4, 0.5) is 0 Å². The Kier molecular flexibility index (Phi) is 6.62. The van der Waals surface area contributed by atoms with E-state index in [1.807, 2.05) is 54.6 Å². The molecular formula is C27H30N2O3. The van der Waals surface area contributed by atoms with E-state index in [9.17, 15) is 14.7 Å². The predicted molar refractivity (Wildman–Crippen MR) is 124 cm³/mol. The minimum Gasteiger partial charge on any atom is -0.394 e. The molecule has 0 aliphatic carbocycles. The van der Waals surface area contributed by atoms with Crippen LogP contribution in [0.2, 0.25) is 0 Å². The molecule has 2 aromatic rings. The van der Waals surface area contributed by atoms with Gasteiger partial charge in [0.1, 0.15) is 0 Å². The fourth-order valence-corrected chi connectivity index (χ4v) is 4.72. The van der Waals surface area contributed by atoms with Crippen LogP contribution in [0.1, 0.15) is 42.9 Å². The normalized spacial score (nSPS) is 22.1. The molecule has 2 amide bonds. The number of carbonyl (C=O) groups is 2. The fraction of sp³-hybridized carbons (Fsp3) is 0.407. The molecule has 3 atom stereocenters. The quantitative estimate of drug-likeness (QED) is 0.742. The Labute approximate surface area is 190 Å². The van der Waals surface area contributed by atoms with Gasteiger partial charge in [0.25, 0.3) is 0 Å². The molecule has 0 spiro atoms. The van der Waals surface area contributed by atoms with Crippen molar-refractivity contribution in [3.63, 3.8) is 0 Å². The molecule has 2 aliphatic heterocycles. The lowest BCUT2D eigenvalue weighted by Crippen LogP contribution is -2.73. The van der Waals surface area contributed by atoms with Crippen LogP contribution < -0.4 is 0 Å². The van der Waals surface area contributed by atoms with Crippen LogP contribution >= 0.6 is 0 Å². The van der Waals surface area contributed by atoms with E-state index in [1.165, 1.54) is 0 Å². The van der Waals surface area contributed by atoms with Gasteiger partial charge in [0.15, 0.2) is 0 Å². The second kappa shape index (κ2) is 9.58. The molecule has 166 valence electrons. The zero-order valence-corrected chi connectivity index (χ0v) is 18.7. The molecule has 2 heterocycles. The molecule has 5 heteroatoms. The number of fused-ring (bicyclic) bond motifs is 1. The predicted octanol–water partition coefficient (Wildman–Crippen LogP) is 2.82. The van der Waals surface area contributed by atoms with Crippen LogP contribution in [0.3, 0.4) is 0 Å². The largest absolute Gasteiger partial charge is 0.394 e. The lowest BCUT2D eigenvalue weighted by molar-refractivity contribution is -0.166. The maximum Gasteiger partial charge on any atom is 0.242 e. The number of piperazine rings is 1. The lowest BCUT2D eigenvalue weighted by Gasteiger charge is -2.58. The van der Waals surface area contributed by atoms with Gasteiger partial charge in [-0.15, -0.1) is 0 Å². The summed E-state index contributed by atoms with van der Waals surface area (Å²) in [6.07, 6.45) is 1.15. The third-order valence-electron chi connectivity index (χ3n) is 6.34. The summed E-state index contributed by atoms with van der Waals surface area (Å²) in [6, 6.07) is 17.3. The molecule has 5 nitrogen and oxygen atoms in total. The van der Waals surface area contributed by atoms with Crippen molar-refractivity contribution in [1.82, 2.24) is 9.80 Å². The summed E-state index contributed by atoms with van der Waals surface area (Å²) in [7, 11) is 0. The maximum atomic E-state index is 12.9. The summed E-state index contributed by atoms with van der Waals surface area (Å²) in [5.74, 6) is 6.82. The zero-order valence-electron chi connectivity index (χ0n) is 18.7. The summed E-state index contributed by atoms with van der Waals surface area (Å²) >= 11 is 0. The molecule has 0 saturated carbocycles. The van der Waals surface area contributed by atoms with Gasteiger partial charge in [-0.1, -0.05) is 68.2 Å². The third kappa shape index (κ3) is 4.56. The molecule has 0 aromatic heterocycles. The van der Waals surface area contributed by atoms with Crippen molar-refractivity contribution in [2.45, 2.75) is 44.7 Å². The molecule has 2 fully saturated rings. The van der Waals surface area contributed by atoms with Crippen molar-refractivity contribution >= 4 is 11.8 Å². The van der Waals surface area contributed by atoms with Crippen LogP contribution in [-0.4, -0.2) is 58.5 Å². The lowest BCUT2D eigenvalue weighted by atomic mass is 9.73.